The van der Waals surface area contributed by atoms with Crippen molar-refractivity contribution in [3.63, 3.8) is 0 Å². The average Bonchev–Trinajstić information content (AvgIpc) is 2.19. The quantitative estimate of drug-likeness (QED) is 0.855. The van der Waals surface area contributed by atoms with E-state index in [0.29, 0.717) is 0 Å². The normalized spacial score (nSPS) is 28.4. The lowest BCUT2D eigenvalue weighted by atomic mass is 9.86. The van der Waals surface area contributed by atoms with Gasteiger partial charge in [0.2, 0.25) is 0 Å². The van der Waals surface area contributed by atoms with Gasteiger partial charge in [-0.05, 0) is 31.5 Å². The van der Waals surface area contributed by atoms with Crippen LogP contribution in [-0.2, 0) is 0 Å². The molecule has 0 saturated carbocycles. The zero-order valence-corrected chi connectivity index (χ0v) is 10.6. The fraction of sp³-hybridized carbons (Fsp3) is 0.538. The molecule has 2 rings (SSSR count). The second-order valence-electron chi connectivity index (χ2n) is 4.79. The SMILES string of the molecule is CCCC1(C)CC(N)c2cc(Cl)ccc2O1. The van der Waals surface area contributed by atoms with Crippen LogP contribution in [0.3, 0.4) is 0 Å². The van der Waals surface area contributed by atoms with Crippen LogP contribution in [0.15, 0.2) is 18.2 Å². The van der Waals surface area contributed by atoms with E-state index in [1.165, 1.54) is 0 Å². The van der Waals surface area contributed by atoms with Crippen molar-refractivity contribution in [2.24, 2.45) is 5.73 Å². The van der Waals surface area contributed by atoms with Crippen LogP contribution in [-0.4, -0.2) is 5.60 Å². The van der Waals surface area contributed by atoms with Crippen LogP contribution in [0.5, 0.6) is 5.75 Å². The summed E-state index contributed by atoms with van der Waals surface area (Å²) in [7, 11) is 0. The first-order valence-corrected chi connectivity index (χ1v) is 6.16. The number of benzene rings is 1. The molecule has 0 aromatic heterocycles. The zero-order chi connectivity index (χ0) is 11.8. The fourth-order valence-corrected chi connectivity index (χ4v) is 2.65. The van der Waals surface area contributed by atoms with Crippen molar-refractivity contribution in [2.75, 3.05) is 0 Å². The molecule has 3 heteroatoms. The lowest BCUT2D eigenvalue weighted by Crippen LogP contribution is -2.40. The van der Waals surface area contributed by atoms with Crippen LogP contribution in [0.2, 0.25) is 5.02 Å². The van der Waals surface area contributed by atoms with E-state index in [4.69, 9.17) is 22.1 Å². The Kier molecular flexibility index (Phi) is 3.13. The molecular weight excluding hydrogens is 222 g/mol. The summed E-state index contributed by atoms with van der Waals surface area (Å²) in [6.45, 7) is 4.30. The highest BCUT2D eigenvalue weighted by Gasteiger charge is 2.34. The van der Waals surface area contributed by atoms with Gasteiger partial charge in [0.05, 0.1) is 0 Å². The summed E-state index contributed by atoms with van der Waals surface area (Å²) in [5.74, 6) is 0.888. The van der Waals surface area contributed by atoms with Crippen molar-refractivity contribution in [1.82, 2.24) is 0 Å². The van der Waals surface area contributed by atoms with Crippen LogP contribution in [0.4, 0.5) is 0 Å². The zero-order valence-electron chi connectivity index (χ0n) is 9.79. The number of rotatable bonds is 2. The molecule has 0 bridgehead atoms. The molecule has 0 radical (unpaired) electrons. The van der Waals surface area contributed by atoms with Crippen LogP contribution >= 0.6 is 11.6 Å². The van der Waals surface area contributed by atoms with Gasteiger partial charge in [-0.15, -0.1) is 0 Å². The van der Waals surface area contributed by atoms with E-state index in [2.05, 4.69) is 13.8 Å². The Labute approximate surface area is 102 Å². The molecule has 1 aliphatic heterocycles. The number of hydrogen-bond acceptors (Lipinski definition) is 2. The standard InChI is InChI=1S/C13H18ClNO/c1-3-6-13(2)8-11(15)10-7-9(14)4-5-12(10)16-13/h4-5,7,11H,3,6,8,15H2,1-2H3. The first kappa shape index (κ1) is 11.7. The summed E-state index contributed by atoms with van der Waals surface area (Å²) in [6, 6.07) is 5.71. The van der Waals surface area contributed by atoms with E-state index in [1.54, 1.807) is 0 Å². The molecule has 0 fully saturated rings. The maximum Gasteiger partial charge on any atom is 0.125 e. The van der Waals surface area contributed by atoms with Crippen molar-refractivity contribution in [3.8, 4) is 5.75 Å². The Bertz CT molecular complexity index is 394. The van der Waals surface area contributed by atoms with Gasteiger partial charge in [-0.2, -0.15) is 0 Å². The molecule has 1 heterocycles. The maximum absolute atomic E-state index is 6.18. The molecule has 2 nitrogen and oxygen atoms in total. The third-order valence-electron chi connectivity index (χ3n) is 3.16. The predicted molar refractivity (Wildman–Crippen MR) is 66.9 cm³/mol. The Morgan fingerprint density at radius 2 is 2.31 bits per heavy atom. The fourth-order valence-electron chi connectivity index (χ4n) is 2.47. The molecule has 0 spiro atoms. The molecule has 2 N–H and O–H groups in total. The summed E-state index contributed by atoms with van der Waals surface area (Å²) in [5, 5.41) is 0.719. The van der Waals surface area contributed by atoms with Gasteiger partial charge in [-0.1, -0.05) is 24.9 Å². The molecular formula is C13H18ClNO. The first-order chi connectivity index (χ1) is 7.54. The third-order valence-corrected chi connectivity index (χ3v) is 3.39. The number of hydrogen-bond donors (Lipinski definition) is 1. The van der Waals surface area contributed by atoms with Crippen LogP contribution < -0.4 is 10.5 Å². The van der Waals surface area contributed by atoms with E-state index in [1.807, 2.05) is 18.2 Å². The number of halogens is 1. The van der Waals surface area contributed by atoms with Gasteiger partial charge in [0.1, 0.15) is 11.4 Å². The second kappa shape index (κ2) is 4.27. The lowest BCUT2D eigenvalue weighted by Gasteiger charge is -2.38. The highest BCUT2D eigenvalue weighted by molar-refractivity contribution is 6.30. The van der Waals surface area contributed by atoms with Crippen LogP contribution in [0.25, 0.3) is 0 Å². The number of nitrogens with two attached hydrogens (primary N) is 1. The maximum atomic E-state index is 6.18. The van der Waals surface area contributed by atoms with Crippen molar-refractivity contribution in [1.29, 1.82) is 0 Å². The molecule has 1 aliphatic rings. The minimum atomic E-state index is -0.130. The summed E-state index contributed by atoms with van der Waals surface area (Å²) < 4.78 is 6.05. The van der Waals surface area contributed by atoms with Gasteiger partial charge in [-0.3, -0.25) is 0 Å². The van der Waals surface area contributed by atoms with Crippen molar-refractivity contribution >= 4 is 11.6 Å². The Morgan fingerprint density at radius 3 is 3.00 bits per heavy atom. The summed E-state index contributed by atoms with van der Waals surface area (Å²) in [5.41, 5.74) is 7.08. The van der Waals surface area contributed by atoms with E-state index in [0.717, 1.165) is 35.6 Å². The molecule has 16 heavy (non-hydrogen) atoms. The molecule has 0 amide bonds. The van der Waals surface area contributed by atoms with Gasteiger partial charge in [0.15, 0.2) is 0 Å². The molecule has 88 valence electrons. The van der Waals surface area contributed by atoms with E-state index < -0.39 is 0 Å². The van der Waals surface area contributed by atoms with E-state index in [-0.39, 0.29) is 11.6 Å². The number of ether oxygens (including phenoxy) is 1. The minimum Gasteiger partial charge on any atom is -0.487 e. The van der Waals surface area contributed by atoms with Gasteiger partial charge in [0, 0.05) is 23.0 Å². The molecule has 1 aromatic rings. The van der Waals surface area contributed by atoms with E-state index >= 15 is 0 Å². The van der Waals surface area contributed by atoms with Crippen molar-refractivity contribution in [2.45, 2.75) is 44.8 Å². The second-order valence-corrected chi connectivity index (χ2v) is 5.23. The van der Waals surface area contributed by atoms with Crippen LogP contribution in [0.1, 0.15) is 44.7 Å². The molecule has 2 atom stereocenters. The summed E-state index contributed by atoms with van der Waals surface area (Å²) in [6.07, 6.45) is 2.99. The number of fused-ring (bicyclic) bond motifs is 1. The van der Waals surface area contributed by atoms with Crippen molar-refractivity contribution in [3.05, 3.63) is 28.8 Å². The van der Waals surface area contributed by atoms with Gasteiger partial charge in [0.25, 0.3) is 0 Å². The topological polar surface area (TPSA) is 35.2 Å². The molecule has 1 aromatic carbocycles. The van der Waals surface area contributed by atoms with Crippen LogP contribution in [0, 0.1) is 0 Å². The predicted octanol–water partition coefficient (Wildman–Crippen LogP) is 3.68. The van der Waals surface area contributed by atoms with Crippen molar-refractivity contribution < 1.29 is 4.74 Å². The Morgan fingerprint density at radius 1 is 1.56 bits per heavy atom. The summed E-state index contributed by atoms with van der Waals surface area (Å²) in [4.78, 5) is 0. The van der Waals surface area contributed by atoms with Gasteiger partial charge >= 0.3 is 0 Å². The largest absolute Gasteiger partial charge is 0.487 e. The first-order valence-electron chi connectivity index (χ1n) is 5.78. The van der Waals surface area contributed by atoms with Gasteiger partial charge in [-0.25, -0.2) is 0 Å². The minimum absolute atomic E-state index is 0.0269. The molecule has 0 saturated heterocycles. The highest BCUT2D eigenvalue weighted by Crippen LogP contribution is 2.41. The Hall–Kier alpha value is -0.730. The monoisotopic (exact) mass is 239 g/mol. The molecule has 2 unspecified atom stereocenters. The molecule has 0 aliphatic carbocycles. The average molecular weight is 240 g/mol. The smallest absolute Gasteiger partial charge is 0.125 e. The van der Waals surface area contributed by atoms with E-state index in [9.17, 15) is 0 Å². The Balaban J connectivity index is 2.33. The lowest BCUT2D eigenvalue weighted by molar-refractivity contribution is 0.0449. The third kappa shape index (κ3) is 2.18. The summed E-state index contributed by atoms with van der Waals surface area (Å²) >= 11 is 5.96. The van der Waals surface area contributed by atoms with Gasteiger partial charge < -0.3 is 10.5 Å². The highest BCUT2D eigenvalue weighted by atomic mass is 35.5.